The average molecular weight is 292 g/mol. The maximum Gasteiger partial charge on any atom is 0.305 e. The molecule has 1 saturated heterocycles. The Kier molecular flexibility index (Phi) is 5.74. The van der Waals surface area contributed by atoms with Gasteiger partial charge in [-0.1, -0.05) is 0 Å². The molecule has 1 N–H and O–H groups in total. The van der Waals surface area contributed by atoms with Gasteiger partial charge in [-0.3, -0.25) is 9.59 Å². The first-order valence-corrected chi connectivity index (χ1v) is 7.78. The lowest BCUT2D eigenvalue weighted by Gasteiger charge is -2.16. The van der Waals surface area contributed by atoms with Crippen molar-refractivity contribution in [3.8, 4) is 0 Å². The van der Waals surface area contributed by atoms with Crippen LogP contribution in [0.1, 0.15) is 26.2 Å². The predicted octanol–water partition coefficient (Wildman–Crippen LogP) is -0.520. The van der Waals surface area contributed by atoms with Crippen molar-refractivity contribution >= 4 is 21.9 Å². The van der Waals surface area contributed by atoms with Gasteiger partial charge in [0.2, 0.25) is 15.9 Å². The number of carbonyl (C=O) groups excluding carboxylic acids is 2. The van der Waals surface area contributed by atoms with Crippen LogP contribution in [-0.2, 0) is 24.3 Å². The van der Waals surface area contributed by atoms with Gasteiger partial charge in [0.15, 0.2) is 0 Å². The fraction of sp³-hybridized carbons (Fsp3) is 0.818. The second kappa shape index (κ2) is 6.85. The van der Waals surface area contributed by atoms with E-state index in [1.807, 2.05) is 0 Å². The first-order chi connectivity index (χ1) is 8.85. The summed E-state index contributed by atoms with van der Waals surface area (Å²) in [6.45, 7) is 2.12. The largest absolute Gasteiger partial charge is 0.469 e. The Morgan fingerprint density at radius 1 is 1.42 bits per heavy atom. The van der Waals surface area contributed by atoms with Crippen molar-refractivity contribution in [2.24, 2.45) is 0 Å². The van der Waals surface area contributed by atoms with Crippen LogP contribution in [0.25, 0.3) is 0 Å². The predicted molar refractivity (Wildman–Crippen MR) is 68.8 cm³/mol. The lowest BCUT2D eigenvalue weighted by atomic mass is 10.3. The van der Waals surface area contributed by atoms with Crippen LogP contribution in [-0.4, -0.2) is 56.6 Å². The number of ether oxygens (including phenoxy) is 1. The lowest BCUT2D eigenvalue weighted by molar-refractivity contribution is -0.140. The van der Waals surface area contributed by atoms with Crippen LogP contribution >= 0.6 is 0 Å². The average Bonchev–Trinajstić information content (AvgIpc) is 2.76. The Balaban J connectivity index is 2.42. The number of sulfonamides is 1. The van der Waals surface area contributed by atoms with Crippen LogP contribution < -0.4 is 5.32 Å². The molecule has 0 saturated carbocycles. The highest BCUT2D eigenvalue weighted by molar-refractivity contribution is 7.89. The fourth-order valence-electron chi connectivity index (χ4n) is 2.02. The highest BCUT2D eigenvalue weighted by Gasteiger charge is 2.31. The van der Waals surface area contributed by atoms with Crippen molar-refractivity contribution in [2.45, 2.75) is 32.2 Å². The van der Waals surface area contributed by atoms with Crippen molar-refractivity contribution in [1.29, 1.82) is 0 Å². The molecular weight excluding hydrogens is 272 g/mol. The zero-order chi connectivity index (χ0) is 14.5. The number of methoxy groups -OCH3 is 1. The van der Waals surface area contributed by atoms with Crippen molar-refractivity contribution in [3.63, 3.8) is 0 Å². The van der Waals surface area contributed by atoms with Crippen molar-refractivity contribution in [2.75, 3.05) is 26.0 Å². The molecule has 8 heteroatoms. The van der Waals surface area contributed by atoms with E-state index in [1.165, 1.54) is 18.3 Å². The number of hydrogen-bond donors (Lipinski definition) is 1. The van der Waals surface area contributed by atoms with E-state index >= 15 is 0 Å². The summed E-state index contributed by atoms with van der Waals surface area (Å²) in [7, 11) is -2.09. The Bertz CT molecular complexity index is 434. The molecule has 0 aromatic rings. The normalized spacial score (nSPS) is 20.2. The molecule has 1 rings (SSSR count). The number of amides is 1. The molecule has 110 valence electrons. The van der Waals surface area contributed by atoms with Crippen LogP contribution in [0.5, 0.6) is 0 Å². The summed E-state index contributed by atoms with van der Waals surface area (Å²) < 4.78 is 29.8. The molecule has 0 aromatic carbocycles. The number of nitrogens with one attached hydrogen (secondary N) is 1. The zero-order valence-electron chi connectivity index (χ0n) is 11.2. The maximum absolute atomic E-state index is 12.0. The van der Waals surface area contributed by atoms with E-state index in [9.17, 15) is 18.0 Å². The molecule has 1 amide bonds. The maximum atomic E-state index is 12.0. The molecule has 1 aliphatic rings. The van der Waals surface area contributed by atoms with Gasteiger partial charge in [0.25, 0.3) is 0 Å². The molecule has 0 spiro atoms. The summed E-state index contributed by atoms with van der Waals surface area (Å²) in [6.07, 6.45) is 0.963. The number of esters is 1. The Morgan fingerprint density at radius 3 is 2.68 bits per heavy atom. The van der Waals surface area contributed by atoms with E-state index in [2.05, 4.69) is 10.1 Å². The molecule has 1 unspecified atom stereocenters. The topological polar surface area (TPSA) is 92.8 Å². The molecule has 1 atom stereocenters. The Hall–Kier alpha value is -1.15. The van der Waals surface area contributed by atoms with E-state index in [1.54, 1.807) is 0 Å². The van der Waals surface area contributed by atoms with E-state index in [-0.39, 0.29) is 30.5 Å². The first kappa shape index (κ1) is 15.9. The van der Waals surface area contributed by atoms with Gasteiger partial charge in [-0.15, -0.1) is 0 Å². The third kappa shape index (κ3) is 5.15. The molecule has 7 nitrogen and oxygen atoms in total. The van der Waals surface area contributed by atoms with Crippen molar-refractivity contribution < 1.29 is 22.7 Å². The van der Waals surface area contributed by atoms with E-state index in [0.29, 0.717) is 19.5 Å². The Morgan fingerprint density at radius 2 is 2.11 bits per heavy atom. The van der Waals surface area contributed by atoms with Gasteiger partial charge >= 0.3 is 5.97 Å². The molecule has 0 bridgehead atoms. The molecule has 19 heavy (non-hydrogen) atoms. The van der Waals surface area contributed by atoms with Gasteiger partial charge < -0.3 is 10.1 Å². The first-order valence-electron chi connectivity index (χ1n) is 6.17. The van der Waals surface area contributed by atoms with E-state index < -0.39 is 16.0 Å². The van der Waals surface area contributed by atoms with Gasteiger partial charge in [0, 0.05) is 32.5 Å². The fourth-order valence-corrected chi connectivity index (χ4v) is 3.57. The minimum absolute atomic E-state index is 0.0745. The van der Waals surface area contributed by atoms with Crippen LogP contribution in [0.4, 0.5) is 0 Å². The SMILES string of the molecule is COC(=O)CCCS(=O)(=O)N1CCC(NC(C)=O)C1. The molecular formula is C11H20N2O5S. The number of carbonyl (C=O) groups is 2. The Labute approximate surface area is 113 Å². The van der Waals surface area contributed by atoms with E-state index in [0.717, 1.165) is 0 Å². The number of nitrogens with zero attached hydrogens (tertiary/aromatic N) is 1. The van der Waals surface area contributed by atoms with Crippen LogP contribution in [0.3, 0.4) is 0 Å². The smallest absolute Gasteiger partial charge is 0.305 e. The molecule has 1 fully saturated rings. The summed E-state index contributed by atoms with van der Waals surface area (Å²) >= 11 is 0. The third-order valence-electron chi connectivity index (χ3n) is 2.96. The highest BCUT2D eigenvalue weighted by Crippen LogP contribution is 2.15. The van der Waals surface area contributed by atoms with Gasteiger partial charge in [0.05, 0.1) is 12.9 Å². The minimum Gasteiger partial charge on any atom is -0.469 e. The molecule has 1 heterocycles. The van der Waals surface area contributed by atoms with Crippen LogP contribution in [0, 0.1) is 0 Å². The van der Waals surface area contributed by atoms with Crippen LogP contribution in [0.2, 0.25) is 0 Å². The number of hydrogen-bond acceptors (Lipinski definition) is 5. The summed E-state index contributed by atoms with van der Waals surface area (Å²) in [5.41, 5.74) is 0. The van der Waals surface area contributed by atoms with Gasteiger partial charge in [-0.25, -0.2) is 8.42 Å². The quantitative estimate of drug-likeness (QED) is 0.665. The zero-order valence-corrected chi connectivity index (χ0v) is 12.0. The molecule has 0 aromatic heterocycles. The monoisotopic (exact) mass is 292 g/mol. The summed E-state index contributed by atoms with van der Waals surface area (Å²) in [6, 6.07) is -0.118. The minimum atomic E-state index is -3.36. The number of rotatable bonds is 6. The van der Waals surface area contributed by atoms with Crippen LogP contribution in [0.15, 0.2) is 0 Å². The summed E-state index contributed by atoms with van der Waals surface area (Å²) in [5.74, 6) is -0.641. The standard InChI is InChI=1S/C11H20N2O5S/c1-9(14)12-10-5-6-13(8-10)19(16,17)7-3-4-11(15)18-2/h10H,3-8H2,1-2H3,(H,12,14). The summed E-state index contributed by atoms with van der Waals surface area (Å²) in [5, 5.41) is 2.71. The van der Waals surface area contributed by atoms with E-state index in [4.69, 9.17) is 0 Å². The second-order valence-electron chi connectivity index (χ2n) is 4.54. The van der Waals surface area contributed by atoms with Crippen molar-refractivity contribution in [3.05, 3.63) is 0 Å². The highest BCUT2D eigenvalue weighted by atomic mass is 32.2. The van der Waals surface area contributed by atoms with Crippen molar-refractivity contribution in [1.82, 2.24) is 9.62 Å². The third-order valence-corrected chi connectivity index (χ3v) is 4.89. The molecule has 1 aliphatic heterocycles. The summed E-state index contributed by atoms with van der Waals surface area (Å²) in [4.78, 5) is 21.8. The molecule has 0 radical (unpaired) electrons. The van der Waals surface area contributed by atoms with Gasteiger partial charge in [-0.05, 0) is 12.8 Å². The van der Waals surface area contributed by atoms with Gasteiger partial charge in [0.1, 0.15) is 0 Å². The molecule has 0 aliphatic carbocycles. The second-order valence-corrected chi connectivity index (χ2v) is 6.63. The lowest BCUT2D eigenvalue weighted by Crippen LogP contribution is -2.38. The van der Waals surface area contributed by atoms with Gasteiger partial charge in [-0.2, -0.15) is 4.31 Å².